The van der Waals surface area contributed by atoms with Crippen LogP contribution in [0.3, 0.4) is 0 Å². The van der Waals surface area contributed by atoms with Crippen molar-refractivity contribution < 1.29 is 18.1 Å². The molecule has 0 unspecified atom stereocenters. The fraction of sp³-hybridized carbons (Fsp3) is 0.222. The van der Waals surface area contributed by atoms with Gasteiger partial charge in [0.1, 0.15) is 0 Å². The lowest BCUT2D eigenvalue weighted by molar-refractivity contribution is -0.384. The minimum absolute atomic E-state index is 0.142. The summed E-state index contributed by atoms with van der Waals surface area (Å²) in [4.78, 5) is 20.5. The van der Waals surface area contributed by atoms with Crippen LogP contribution in [0.1, 0.15) is 0 Å². The fourth-order valence-corrected chi connectivity index (χ4v) is 2.06. The Morgan fingerprint density at radius 2 is 1.89 bits per heavy atom. The molecule has 2 N–H and O–H groups in total. The number of non-ortho nitro benzene ring substituents is 1. The molecule has 1 amide bonds. The number of likely N-dealkylation sites (N-methyl/N-ethyl adjacent to an activating group) is 1. The molecule has 8 nitrogen and oxygen atoms in total. The number of carbonyl (C=O) groups is 1. The molecule has 0 aliphatic carbocycles. The highest BCUT2D eigenvalue weighted by Gasteiger charge is 2.16. The van der Waals surface area contributed by atoms with Crippen LogP contribution in [-0.4, -0.2) is 32.8 Å². The van der Waals surface area contributed by atoms with Crippen LogP contribution in [0, 0.1) is 10.1 Å². The molecule has 0 aromatic heterocycles. The summed E-state index contributed by atoms with van der Waals surface area (Å²) in [7, 11) is -2.46. The first-order chi connectivity index (χ1) is 8.36. The number of nitrogens with zero attached hydrogens (tertiary/aromatic N) is 1. The van der Waals surface area contributed by atoms with Crippen LogP contribution in [0.4, 0.5) is 5.69 Å². The van der Waals surface area contributed by atoms with Crippen LogP contribution in [0.2, 0.25) is 0 Å². The number of nitro benzene ring substituents is 1. The fourth-order valence-electron chi connectivity index (χ4n) is 1.08. The standard InChI is InChI=1S/C9H11N3O5S/c1-10-9(13)6-11-18(16,17)8-4-2-7(3-5-8)12(14)15/h2-5,11H,6H2,1H3,(H,10,13). The van der Waals surface area contributed by atoms with Crippen molar-refractivity contribution >= 4 is 21.6 Å². The first-order valence-corrected chi connectivity index (χ1v) is 6.30. The van der Waals surface area contributed by atoms with Crippen molar-refractivity contribution in [2.45, 2.75) is 4.90 Å². The van der Waals surface area contributed by atoms with Crippen molar-refractivity contribution in [3.63, 3.8) is 0 Å². The molecule has 0 atom stereocenters. The SMILES string of the molecule is CNC(=O)CNS(=O)(=O)c1ccc([N+](=O)[O-])cc1. The average molecular weight is 273 g/mol. The maximum absolute atomic E-state index is 11.7. The number of nitro groups is 1. The number of sulfonamides is 1. The van der Waals surface area contributed by atoms with E-state index < -0.39 is 27.4 Å². The van der Waals surface area contributed by atoms with Crippen molar-refractivity contribution in [1.82, 2.24) is 10.0 Å². The summed E-state index contributed by atoms with van der Waals surface area (Å²) >= 11 is 0. The van der Waals surface area contributed by atoms with Crippen molar-refractivity contribution in [2.24, 2.45) is 0 Å². The third-order valence-corrected chi connectivity index (χ3v) is 3.48. The number of nitrogens with one attached hydrogen (secondary N) is 2. The summed E-state index contributed by atoms with van der Waals surface area (Å²) in [6.45, 7) is -0.393. The molecule has 0 radical (unpaired) electrons. The number of benzene rings is 1. The second-order valence-electron chi connectivity index (χ2n) is 3.25. The molecule has 0 saturated heterocycles. The number of hydrogen-bond acceptors (Lipinski definition) is 5. The van der Waals surface area contributed by atoms with Gasteiger partial charge in [-0.3, -0.25) is 14.9 Å². The lowest BCUT2D eigenvalue weighted by Crippen LogP contribution is -2.35. The first kappa shape index (κ1) is 14.1. The summed E-state index contributed by atoms with van der Waals surface area (Å²) in [5, 5.41) is 12.7. The van der Waals surface area contributed by atoms with Crippen LogP contribution in [-0.2, 0) is 14.8 Å². The first-order valence-electron chi connectivity index (χ1n) is 4.81. The molecule has 0 saturated carbocycles. The Morgan fingerprint density at radius 3 is 2.33 bits per heavy atom. The van der Waals surface area contributed by atoms with E-state index in [0.29, 0.717) is 0 Å². The van der Waals surface area contributed by atoms with Crippen molar-refractivity contribution in [2.75, 3.05) is 13.6 Å². The van der Waals surface area contributed by atoms with Gasteiger partial charge in [0.2, 0.25) is 15.9 Å². The van der Waals surface area contributed by atoms with E-state index in [1.807, 2.05) is 0 Å². The molecule has 18 heavy (non-hydrogen) atoms. The monoisotopic (exact) mass is 273 g/mol. The zero-order valence-electron chi connectivity index (χ0n) is 9.41. The number of carbonyl (C=O) groups excluding carboxylic acids is 1. The minimum atomic E-state index is -3.84. The highest BCUT2D eigenvalue weighted by Crippen LogP contribution is 2.15. The number of amides is 1. The quantitative estimate of drug-likeness (QED) is 0.560. The van der Waals surface area contributed by atoms with E-state index in [0.717, 1.165) is 24.3 Å². The molecule has 1 aromatic carbocycles. The second kappa shape index (κ2) is 5.56. The van der Waals surface area contributed by atoms with Gasteiger partial charge in [-0.1, -0.05) is 0 Å². The Labute approximate surface area is 103 Å². The lowest BCUT2D eigenvalue weighted by Gasteiger charge is -2.05. The molecular formula is C9H11N3O5S. The van der Waals surface area contributed by atoms with Crippen LogP contribution in [0.15, 0.2) is 29.2 Å². The zero-order chi connectivity index (χ0) is 13.8. The molecule has 1 aromatic rings. The van der Waals surface area contributed by atoms with E-state index in [-0.39, 0.29) is 10.6 Å². The molecule has 0 aliphatic rings. The molecule has 0 fully saturated rings. The summed E-state index contributed by atoms with van der Waals surface area (Å²) in [6, 6.07) is 4.36. The number of rotatable bonds is 5. The largest absolute Gasteiger partial charge is 0.358 e. The third-order valence-electron chi connectivity index (χ3n) is 2.06. The maximum Gasteiger partial charge on any atom is 0.269 e. The van der Waals surface area contributed by atoms with Crippen LogP contribution < -0.4 is 10.0 Å². The summed E-state index contributed by atoms with van der Waals surface area (Å²) < 4.78 is 25.4. The van der Waals surface area contributed by atoms with Crippen LogP contribution in [0.5, 0.6) is 0 Å². The van der Waals surface area contributed by atoms with Gasteiger partial charge in [0, 0.05) is 19.2 Å². The predicted octanol–water partition coefficient (Wildman–Crippen LogP) is -0.381. The number of hydrogen-bond donors (Lipinski definition) is 2. The van der Waals surface area contributed by atoms with Crippen LogP contribution >= 0.6 is 0 Å². The van der Waals surface area contributed by atoms with E-state index in [9.17, 15) is 23.3 Å². The summed E-state index contributed by atoms with van der Waals surface area (Å²) in [6.07, 6.45) is 0. The third kappa shape index (κ3) is 3.50. The Bertz CT molecular complexity index is 552. The molecule has 0 bridgehead atoms. The van der Waals surface area contributed by atoms with E-state index in [4.69, 9.17) is 0 Å². The molecule has 0 spiro atoms. The van der Waals surface area contributed by atoms with E-state index in [2.05, 4.69) is 10.0 Å². The Kier molecular flexibility index (Phi) is 4.34. The molecule has 0 heterocycles. The predicted molar refractivity (Wildman–Crippen MR) is 62.4 cm³/mol. The van der Waals surface area contributed by atoms with Gasteiger partial charge in [0.05, 0.1) is 16.4 Å². The van der Waals surface area contributed by atoms with Crippen molar-refractivity contribution in [3.05, 3.63) is 34.4 Å². The highest BCUT2D eigenvalue weighted by atomic mass is 32.2. The van der Waals surface area contributed by atoms with Crippen molar-refractivity contribution in [3.8, 4) is 0 Å². The Balaban J connectivity index is 2.85. The van der Waals surface area contributed by atoms with E-state index in [1.165, 1.54) is 7.05 Å². The lowest BCUT2D eigenvalue weighted by atomic mass is 10.3. The smallest absolute Gasteiger partial charge is 0.269 e. The minimum Gasteiger partial charge on any atom is -0.358 e. The van der Waals surface area contributed by atoms with E-state index in [1.54, 1.807) is 0 Å². The van der Waals surface area contributed by atoms with Gasteiger partial charge in [-0.2, -0.15) is 0 Å². The molecular weight excluding hydrogens is 262 g/mol. The van der Waals surface area contributed by atoms with Gasteiger partial charge in [-0.05, 0) is 12.1 Å². The summed E-state index contributed by atoms with van der Waals surface area (Å²) in [5.41, 5.74) is -0.208. The van der Waals surface area contributed by atoms with Gasteiger partial charge in [-0.25, -0.2) is 13.1 Å². The molecule has 1 rings (SSSR count). The second-order valence-corrected chi connectivity index (χ2v) is 5.02. The van der Waals surface area contributed by atoms with Gasteiger partial charge >= 0.3 is 0 Å². The van der Waals surface area contributed by atoms with Gasteiger partial charge in [-0.15, -0.1) is 0 Å². The molecule has 9 heteroatoms. The van der Waals surface area contributed by atoms with Crippen LogP contribution in [0.25, 0.3) is 0 Å². The van der Waals surface area contributed by atoms with Gasteiger partial charge in [0.25, 0.3) is 5.69 Å². The average Bonchev–Trinajstić information content (AvgIpc) is 2.36. The Morgan fingerprint density at radius 1 is 1.33 bits per heavy atom. The zero-order valence-corrected chi connectivity index (χ0v) is 10.2. The summed E-state index contributed by atoms with van der Waals surface area (Å²) in [5.74, 6) is -0.486. The van der Waals surface area contributed by atoms with Gasteiger partial charge < -0.3 is 5.32 Å². The molecule has 98 valence electrons. The normalized spacial score (nSPS) is 10.9. The van der Waals surface area contributed by atoms with E-state index >= 15 is 0 Å². The topological polar surface area (TPSA) is 118 Å². The van der Waals surface area contributed by atoms with Crippen molar-refractivity contribution in [1.29, 1.82) is 0 Å². The maximum atomic E-state index is 11.7. The Hall–Kier alpha value is -2.00. The van der Waals surface area contributed by atoms with Gasteiger partial charge in [0.15, 0.2) is 0 Å². The highest BCUT2D eigenvalue weighted by molar-refractivity contribution is 7.89. The molecule has 0 aliphatic heterocycles.